The van der Waals surface area contributed by atoms with Gasteiger partial charge >= 0.3 is 12.3 Å². The summed E-state index contributed by atoms with van der Waals surface area (Å²) in [6, 6.07) is 4.80. The quantitative estimate of drug-likeness (QED) is 0.595. The van der Waals surface area contributed by atoms with Crippen molar-refractivity contribution in [2.75, 3.05) is 0 Å². The van der Waals surface area contributed by atoms with Gasteiger partial charge in [-0.15, -0.1) is 13.2 Å². The Kier molecular flexibility index (Phi) is 3.76. The van der Waals surface area contributed by atoms with E-state index >= 15 is 0 Å². The van der Waals surface area contributed by atoms with Crippen molar-refractivity contribution in [3.63, 3.8) is 0 Å². The lowest BCUT2D eigenvalue weighted by Crippen LogP contribution is -2.17. The first kappa shape index (κ1) is 12.4. The standard InChI is InChI=1S/C10H9F3O3/c1-2-9(14)15-7-4-3-5-8(6-7)16-10(11,12)13/h3-6H,2H2,1H3. The maximum atomic E-state index is 11.9. The summed E-state index contributed by atoms with van der Waals surface area (Å²) in [5.41, 5.74) is 0. The van der Waals surface area contributed by atoms with Crippen LogP contribution in [0.2, 0.25) is 0 Å². The summed E-state index contributed by atoms with van der Waals surface area (Å²) in [5.74, 6) is -0.924. The molecule has 16 heavy (non-hydrogen) atoms. The number of halogens is 3. The molecule has 0 bridgehead atoms. The van der Waals surface area contributed by atoms with Crippen LogP contribution in [-0.4, -0.2) is 12.3 Å². The van der Waals surface area contributed by atoms with Gasteiger partial charge in [0.05, 0.1) is 0 Å². The van der Waals surface area contributed by atoms with Crippen LogP contribution in [0.3, 0.4) is 0 Å². The van der Waals surface area contributed by atoms with Crippen LogP contribution in [-0.2, 0) is 4.79 Å². The molecule has 6 heteroatoms. The zero-order valence-electron chi connectivity index (χ0n) is 8.38. The van der Waals surface area contributed by atoms with Gasteiger partial charge in [0.15, 0.2) is 0 Å². The van der Waals surface area contributed by atoms with Gasteiger partial charge in [-0.05, 0) is 12.1 Å². The van der Waals surface area contributed by atoms with Gasteiger partial charge in [0.25, 0.3) is 0 Å². The minimum Gasteiger partial charge on any atom is -0.426 e. The van der Waals surface area contributed by atoms with E-state index in [0.717, 1.165) is 12.1 Å². The largest absolute Gasteiger partial charge is 0.573 e. The van der Waals surface area contributed by atoms with E-state index in [-0.39, 0.29) is 12.2 Å². The van der Waals surface area contributed by atoms with Gasteiger partial charge in [-0.1, -0.05) is 13.0 Å². The minimum atomic E-state index is -4.76. The summed E-state index contributed by atoms with van der Waals surface area (Å²) in [4.78, 5) is 10.9. The highest BCUT2D eigenvalue weighted by Crippen LogP contribution is 2.26. The molecule has 0 aliphatic rings. The van der Waals surface area contributed by atoms with Crippen LogP contribution in [0.25, 0.3) is 0 Å². The molecular formula is C10H9F3O3. The van der Waals surface area contributed by atoms with Crippen LogP contribution in [0.4, 0.5) is 13.2 Å². The van der Waals surface area contributed by atoms with E-state index < -0.39 is 18.1 Å². The van der Waals surface area contributed by atoms with Gasteiger partial charge in [-0.3, -0.25) is 4.79 Å². The summed E-state index contributed by atoms with van der Waals surface area (Å²) >= 11 is 0. The van der Waals surface area contributed by atoms with Gasteiger partial charge in [0.1, 0.15) is 11.5 Å². The molecule has 0 aliphatic heterocycles. The van der Waals surface area contributed by atoms with E-state index in [2.05, 4.69) is 4.74 Å². The number of esters is 1. The Morgan fingerprint density at radius 3 is 2.50 bits per heavy atom. The van der Waals surface area contributed by atoms with Crippen molar-refractivity contribution in [2.45, 2.75) is 19.7 Å². The number of alkyl halides is 3. The van der Waals surface area contributed by atoms with E-state index in [1.54, 1.807) is 6.92 Å². The predicted octanol–water partition coefficient (Wildman–Crippen LogP) is 2.90. The zero-order chi connectivity index (χ0) is 12.2. The highest BCUT2D eigenvalue weighted by molar-refractivity contribution is 5.72. The maximum absolute atomic E-state index is 11.9. The van der Waals surface area contributed by atoms with Gasteiger partial charge < -0.3 is 9.47 Å². The molecule has 0 atom stereocenters. The lowest BCUT2D eigenvalue weighted by atomic mass is 10.3. The second kappa shape index (κ2) is 4.87. The molecule has 0 radical (unpaired) electrons. The van der Waals surface area contributed by atoms with Crippen LogP contribution in [0.5, 0.6) is 11.5 Å². The van der Waals surface area contributed by atoms with Gasteiger partial charge in [0.2, 0.25) is 0 Å². The monoisotopic (exact) mass is 234 g/mol. The molecule has 1 aromatic carbocycles. The van der Waals surface area contributed by atoms with Crippen LogP contribution in [0.1, 0.15) is 13.3 Å². The molecule has 0 saturated heterocycles. The van der Waals surface area contributed by atoms with Gasteiger partial charge in [-0.25, -0.2) is 0 Å². The molecule has 0 aromatic heterocycles. The Labute approximate surface area is 89.8 Å². The highest BCUT2D eigenvalue weighted by Gasteiger charge is 2.31. The van der Waals surface area contributed by atoms with Crippen molar-refractivity contribution in [1.82, 2.24) is 0 Å². The SMILES string of the molecule is CCC(=O)Oc1cccc(OC(F)(F)F)c1. The van der Waals surface area contributed by atoms with Crippen molar-refractivity contribution in [1.29, 1.82) is 0 Å². The number of rotatable bonds is 3. The van der Waals surface area contributed by atoms with Crippen LogP contribution in [0.15, 0.2) is 24.3 Å². The van der Waals surface area contributed by atoms with Crippen LogP contribution in [0, 0.1) is 0 Å². The number of benzene rings is 1. The Balaban J connectivity index is 2.75. The summed E-state index contributed by atoms with van der Waals surface area (Å²) < 4.78 is 44.0. The van der Waals surface area contributed by atoms with Crippen LogP contribution < -0.4 is 9.47 Å². The molecule has 0 aliphatic carbocycles. The first-order valence-corrected chi connectivity index (χ1v) is 4.47. The molecule has 0 fully saturated rings. The Hall–Kier alpha value is -1.72. The summed E-state index contributed by atoms with van der Waals surface area (Å²) in [6.07, 6.45) is -4.61. The van der Waals surface area contributed by atoms with Gasteiger partial charge in [-0.2, -0.15) is 0 Å². The zero-order valence-corrected chi connectivity index (χ0v) is 8.38. The Morgan fingerprint density at radius 2 is 1.94 bits per heavy atom. The van der Waals surface area contributed by atoms with E-state index in [1.165, 1.54) is 12.1 Å². The van der Waals surface area contributed by atoms with E-state index in [0.29, 0.717) is 0 Å². The van der Waals surface area contributed by atoms with E-state index in [4.69, 9.17) is 4.74 Å². The molecule has 0 spiro atoms. The Morgan fingerprint density at radius 1 is 1.31 bits per heavy atom. The first-order chi connectivity index (χ1) is 7.40. The average Bonchev–Trinajstić information content (AvgIpc) is 2.15. The second-order valence-electron chi connectivity index (χ2n) is 2.85. The number of hydrogen-bond acceptors (Lipinski definition) is 3. The number of hydrogen-bond donors (Lipinski definition) is 0. The fraction of sp³-hybridized carbons (Fsp3) is 0.300. The molecule has 0 heterocycles. The summed E-state index contributed by atoms with van der Waals surface area (Å²) in [7, 11) is 0. The number of carbonyl (C=O) groups is 1. The first-order valence-electron chi connectivity index (χ1n) is 4.47. The fourth-order valence-electron chi connectivity index (χ4n) is 0.938. The topological polar surface area (TPSA) is 35.5 Å². The Bertz CT molecular complexity index is 374. The van der Waals surface area contributed by atoms with Crippen molar-refractivity contribution in [2.24, 2.45) is 0 Å². The van der Waals surface area contributed by atoms with Crippen molar-refractivity contribution in [3.05, 3.63) is 24.3 Å². The molecule has 88 valence electrons. The molecule has 0 amide bonds. The molecule has 1 rings (SSSR count). The lowest BCUT2D eigenvalue weighted by Gasteiger charge is -2.09. The average molecular weight is 234 g/mol. The molecule has 0 N–H and O–H groups in total. The molecule has 0 unspecified atom stereocenters. The molecule has 3 nitrogen and oxygen atoms in total. The van der Waals surface area contributed by atoms with Crippen LogP contribution >= 0.6 is 0 Å². The smallest absolute Gasteiger partial charge is 0.426 e. The normalized spacial score (nSPS) is 11.0. The number of carbonyl (C=O) groups excluding carboxylic acids is 1. The molecule has 0 saturated carbocycles. The van der Waals surface area contributed by atoms with Crippen molar-refractivity contribution in [3.8, 4) is 11.5 Å². The fourth-order valence-corrected chi connectivity index (χ4v) is 0.938. The third kappa shape index (κ3) is 4.20. The van der Waals surface area contributed by atoms with Crippen molar-refractivity contribution < 1.29 is 27.4 Å². The van der Waals surface area contributed by atoms with Crippen molar-refractivity contribution >= 4 is 5.97 Å². The molecule has 1 aromatic rings. The van der Waals surface area contributed by atoms with E-state index in [9.17, 15) is 18.0 Å². The predicted molar refractivity (Wildman–Crippen MR) is 49.1 cm³/mol. The lowest BCUT2D eigenvalue weighted by molar-refractivity contribution is -0.274. The highest BCUT2D eigenvalue weighted by atomic mass is 19.4. The van der Waals surface area contributed by atoms with Gasteiger partial charge in [0, 0.05) is 12.5 Å². The maximum Gasteiger partial charge on any atom is 0.573 e. The second-order valence-corrected chi connectivity index (χ2v) is 2.85. The third-order valence-corrected chi connectivity index (χ3v) is 1.56. The summed E-state index contributed by atoms with van der Waals surface area (Å²) in [6.45, 7) is 1.58. The minimum absolute atomic E-state index is 0.0219. The van der Waals surface area contributed by atoms with E-state index in [1.807, 2.05) is 0 Å². The third-order valence-electron chi connectivity index (χ3n) is 1.56. The molecular weight excluding hydrogens is 225 g/mol. The summed E-state index contributed by atoms with van der Waals surface area (Å²) in [5, 5.41) is 0. The number of ether oxygens (including phenoxy) is 2.